The Bertz CT molecular complexity index is 626. The third-order valence-corrected chi connectivity index (χ3v) is 4.20. The van der Waals surface area contributed by atoms with Gasteiger partial charge in [-0.3, -0.25) is 0 Å². The quantitative estimate of drug-likeness (QED) is 0.935. The van der Waals surface area contributed by atoms with E-state index in [0.717, 1.165) is 17.9 Å². The predicted molar refractivity (Wildman–Crippen MR) is 83.8 cm³/mol. The fourth-order valence-electron chi connectivity index (χ4n) is 3.06. The van der Waals surface area contributed by atoms with Crippen LogP contribution in [0.15, 0.2) is 48.5 Å². The van der Waals surface area contributed by atoms with Gasteiger partial charge < -0.3 is 15.2 Å². The summed E-state index contributed by atoms with van der Waals surface area (Å²) in [6, 6.07) is 16.0. The molecule has 3 rings (SSSR count). The summed E-state index contributed by atoms with van der Waals surface area (Å²) < 4.78 is 11.4. The van der Waals surface area contributed by atoms with Gasteiger partial charge in [-0.05, 0) is 35.6 Å². The summed E-state index contributed by atoms with van der Waals surface area (Å²) in [6.45, 7) is 2.23. The first-order valence-corrected chi connectivity index (χ1v) is 7.34. The topological polar surface area (TPSA) is 44.5 Å². The van der Waals surface area contributed by atoms with E-state index in [9.17, 15) is 0 Å². The van der Waals surface area contributed by atoms with E-state index >= 15 is 0 Å². The van der Waals surface area contributed by atoms with Crippen molar-refractivity contribution in [3.05, 3.63) is 59.7 Å². The molecule has 1 aliphatic rings. The summed E-state index contributed by atoms with van der Waals surface area (Å²) in [6.07, 6.45) is 0.914. The van der Waals surface area contributed by atoms with Crippen LogP contribution in [0, 0.1) is 0 Å². The highest BCUT2D eigenvalue weighted by molar-refractivity contribution is 5.37. The number of hydrogen-bond donors (Lipinski definition) is 1. The Labute approximate surface area is 125 Å². The minimum absolute atomic E-state index is 0.0120. The zero-order chi connectivity index (χ0) is 14.8. The van der Waals surface area contributed by atoms with E-state index in [1.54, 1.807) is 7.11 Å². The van der Waals surface area contributed by atoms with Crippen LogP contribution >= 0.6 is 0 Å². The Morgan fingerprint density at radius 1 is 1.00 bits per heavy atom. The lowest BCUT2D eigenvalue weighted by Crippen LogP contribution is -2.37. The molecule has 1 aliphatic carbocycles. The van der Waals surface area contributed by atoms with Gasteiger partial charge in [-0.2, -0.15) is 0 Å². The second-order valence-corrected chi connectivity index (χ2v) is 5.63. The zero-order valence-corrected chi connectivity index (χ0v) is 12.5. The molecule has 0 bridgehead atoms. The molecule has 0 fully saturated rings. The highest BCUT2D eigenvalue weighted by Crippen LogP contribution is 2.38. The Morgan fingerprint density at radius 2 is 1.71 bits per heavy atom. The zero-order valence-electron chi connectivity index (χ0n) is 12.5. The third-order valence-electron chi connectivity index (χ3n) is 4.20. The molecule has 2 aromatic rings. The number of methoxy groups -OCH3 is 1. The van der Waals surface area contributed by atoms with Gasteiger partial charge in [-0.15, -0.1) is 0 Å². The molecular weight excluding hydrogens is 262 g/mol. The van der Waals surface area contributed by atoms with Gasteiger partial charge in [0, 0.05) is 6.07 Å². The molecule has 21 heavy (non-hydrogen) atoms. The van der Waals surface area contributed by atoms with Crippen LogP contribution in [0.2, 0.25) is 0 Å². The maximum atomic E-state index is 6.41. The monoisotopic (exact) mass is 283 g/mol. The van der Waals surface area contributed by atoms with Crippen molar-refractivity contribution in [1.82, 2.24) is 0 Å². The van der Waals surface area contributed by atoms with E-state index in [1.807, 2.05) is 30.3 Å². The second kappa shape index (κ2) is 5.78. The smallest absolute Gasteiger partial charge is 0.123 e. The fraction of sp³-hybridized carbons (Fsp3) is 0.333. The van der Waals surface area contributed by atoms with Crippen molar-refractivity contribution < 1.29 is 9.47 Å². The van der Waals surface area contributed by atoms with Crippen molar-refractivity contribution in [1.29, 1.82) is 0 Å². The summed E-state index contributed by atoms with van der Waals surface area (Å²) >= 11 is 0. The molecular formula is C18H21NO2. The van der Waals surface area contributed by atoms with Crippen molar-refractivity contribution >= 4 is 0 Å². The van der Waals surface area contributed by atoms with Crippen LogP contribution in [0.3, 0.4) is 0 Å². The third kappa shape index (κ3) is 2.74. The van der Waals surface area contributed by atoms with E-state index in [4.69, 9.17) is 15.2 Å². The molecule has 0 heterocycles. The molecule has 3 heteroatoms. The minimum atomic E-state index is -0.0939. The SMILES string of the molecule is COc1cccc(OC2CC(C)c3ccccc3C2N)c1. The molecule has 2 N–H and O–H groups in total. The van der Waals surface area contributed by atoms with Crippen molar-refractivity contribution in [3.63, 3.8) is 0 Å². The van der Waals surface area contributed by atoms with E-state index in [-0.39, 0.29) is 12.1 Å². The van der Waals surface area contributed by atoms with Gasteiger partial charge in [0.25, 0.3) is 0 Å². The first-order chi connectivity index (χ1) is 10.2. The highest BCUT2D eigenvalue weighted by atomic mass is 16.5. The Morgan fingerprint density at radius 3 is 2.48 bits per heavy atom. The largest absolute Gasteiger partial charge is 0.497 e. The Balaban J connectivity index is 1.84. The predicted octanol–water partition coefficient (Wildman–Crippen LogP) is 3.65. The van der Waals surface area contributed by atoms with Crippen LogP contribution in [0.1, 0.15) is 36.4 Å². The summed E-state index contributed by atoms with van der Waals surface area (Å²) in [5.41, 5.74) is 8.96. The molecule has 3 atom stereocenters. The number of ether oxygens (including phenoxy) is 2. The van der Waals surface area contributed by atoms with Crippen LogP contribution in [0.25, 0.3) is 0 Å². The van der Waals surface area contributed by atoms with Gasteiger partial charge in [0.15, 0.2) is 0 Å². The molecule has 0 saturated carbocycles. The van der Waals surface area contributed by atoms with E-state index in [1.165, 1.54) is 11.1 Å². The lowest BCUT2D eigenvalue weighted by Gasteiger charge is -2.35. The molecule has 3 unspecified atom stereocenters. The van der Waals surface area contributed by atoms with Crippen LogP contribution in [0.4, 0.5) is 0 Å². The van der Waals surface area contributed by atoms with Crippen LogP contribution in [-0.4, -0.2) is 13.2 Å². The first-order valence-electron chi connectivity index (χ1n) is 7.34. The molecule has 0 saturated heterocycles. The van der Waals surface area contributed by atoms with Gasteiger partial charge in [-0.25, -0.2) is 0 Å². The molecule has 2 aromatic carbocycles. The number of benzene rings is 2. The van der Waals surface area contributed by atoms with Crippen molar-refractivity contribution in [2.75, 3.05) is 7.11 Å². The van der Waals surface area contributed by atoms with Crippen molar-refractivity contribution in [2.45, 2.75) is 31.4 Å². The number of nitrogens with two attached hydrogens (primary N) is 1. The highest BCUT2D eigenvalue weighted by Gasteiger charge is 2.32. The van der Waals surface area contributed by atoms with Gasteiger partial charge in [0.05, 0.1) is 13.2 Å². The van der Waals surface area contributed by atoms with Crippen molar-refractivity contribution in [2.24, 2.45) is 5.73 Å². The fourth-order valence-corrected chi connectivity index (χ4v) is 3.06. The maximum Gasteiger partial charge on any atom is 0.123 e. The minimum Gasteiger partial charge on any atom is -0.497 e. The molecule has 110 valence electrons. The molecule has 0 spiro atoms. The summed E-state index contributed by atoms with van der Waals surface area (Å²) in [5, 5.41) is 0. The number of hydrogen-bond acceptors (Lipinski definition) is 3. The van der Waals surface area contributed by atoms with Gasteiger partial charge >= 0.3 is 0 Å². The molecule has 0 radical (unpaired) electrons. The average Bonchev–Trinajstić information content (AvgIpc) is 2.52. The van der Waals surface area contributed by atoms with Crippen LogP contribution in [-0.2, 0) is 0 Å². The number of rotatable bonds is 3. The molecule has 0 amide bonds. The van der Waals surface area contributed by atoms with Gasteiger partial charge in [-0.1, -0.05) is 37.3 Å². The normalized spacial score (nSPS) is 24.2. The molecule has 0 aliphatic heterocycles. The average molecular weight is 283 g/mol. The van der Waals surface area contributed by atoms with E-state index < -0.39 is 0 Å². The maximum absolute atomic E-state index is 6.41. The van der Waals surface area contributed by atoms with Crippen molar-refractivity contribution in [3.8, 4) is 11.5 Å². The summed E-state index contributed by atoms with van der Waals surface area (Å²) in [7, 11) is 1.66. The Kier molecular flexibility index (Phi) is 3.84. The lowest BCUT2D eigenvalue weighted by atomic mass is 9.79. The van der Waals surface area contributed by atoms with Crippen LogP contribution < -0.4 is 15.2 Å². The Hall–Kier alpha value is -2.00. The van der Waals surface area contributed by atoms with Crippen LogP contribution in [0.5, 0.6) is 11.5 Å². The van der Waals surface area contributed by atoms with E-state index in [2.05, 4.69) is 25.1 Å². The van der Waals surface area contributed by atoms with E-state index in [0.29, 0.717) is 5.92 Å². The summed E-state index contributed by atoms with van der Waals surface area (Å²) in [5.74, 6) is 2.06. The first kappa shape index (κ1) is 14.0. The summed E-state index contributed by atoms with van der Waals surface area (Å²) in [4.78, 5) is 0. The second-order valence-electron chi connectivity index (χ2n) is 5.63. The van der Waals surface area contributed by atoms with Gasteiger partial charge in [0.1, 0.15) is 17.6 Å². The number of fused-ring (bicyclic) bond motifs is 1. The molecule has 0 aromatic heterocycles. The standard InChI is InChI=1S/C18H21NO2/c1-12-10-17(18(19)16-9-4-3-8-15(12)16)21-14-7-5-6-13(11-14)20-2/h3-9,11-12,17-18H,10,19H2,1-2H3. The van der Waals surface area contributed by atoms with Gasteiger partial charge in [0.2, 0.25) is 0 Å². The molecule has 3 nitrogen and oxygen atoms in total. The lowest BCUT2D eigenvalue weighted by molar-refractivity contribution is 0.144.